The lowest BCUT2D eigenvalue weighted by atomic mass is 9.89. The van der Waals surface area contributed by atoms with Gasteiger partial charge in [-0.3, -0.25) is 0 Å². The van der Waals surface area contributed by atoms with E-state index in [2.05, 4.69) is 10.6 Å². The third-order valence-electron chi connectivity index (χ3n) is 3.38. The van der Waals surface area contributed by atoms with Gasteiger partial charge in [0.25, 0.3) is 0 Å². The molecule has 3 N–H and O–H groups in total. The third-order valence-corrected chi connectivity index (χ3v) is 3.38. The first-order chi connectivity index (χ1) is 9.98. The summed E-state index contributed by atoms with van der Waals surface area (Å²) >= 11 is 0. The molecule has 0 aliphatic rings. The Kier molecular flexibility index (Phi) is 7.02. The minimum Gasteiger partial charge on any atom is -0.496 e. The second-order valence-corrected chi connectivity index (χ2v) is 5.85. The van der Waals surface area contributed by atoms with Crippen molar-refractivity contribution in [1.82, 2.24) is 10.6 Å². The van der Waals surface area contributed by atoms with E-state index >= 15 is 0 Å². The van der Waals surface area contributed by atoms with Gasteiger partial charge in [-0.2, -0.15) is 0 Å². The maximum atomic E-state index is 11.7. The minimum absolute atomic E-state index is 0.0877. The van der Waals surface area contributed by atoms with Crippen molar-refractivity contribution in [2.24, 2.45) is 5.41 Å². The summed E-state index contributed by atoms with van der Waals surface area (Å²) in [5, 5.41) is 14.8. The molecule has 1 rings (SSSR count). The van der Waals surface area contributed by atoms with Crippen LogP contribution in [0.4, 0.5) is 4.79 Å². The van der Waals surface area contributed by atoms with E-state index in [1.165, 1.54) is 0 Å². The van der Waals surface area contributed by atoms with Crippen LogP contribution in [0.25, 0.3) is 0 Å². The highest BCUT2D eigenvalue weighted by Gasteiger charge is 2.15. The Balaban J connectivity index is 2.25. The molecule has 118 valence electrons. The van der Waals surface area contributed by atoms with Gasteiger partial charge in [0.2, 0.25) is 0 Å². The Morgan fingerprint density at radius 1 is 1.29 bits per heavy atom. The number of amides is 2. The quantitative estimate of drug-likeness (QED) is 0.644. The summed E-state index contributed by atoms with van der Waals surface area (Å²) in [5.41, 5.74) is 0.854. The fourth-order valence-corrected chi connectivity index (χ4v) is 1.93. The molecule has 0 fully saturated rings. The van der Waals surface area contributed by atoms with Gasteiger partial charge < -0.3 is 20.5 Å². The number of nitrogens with one attached hydrogen (secondary N) is 2. The molecule has 5 nitrogen and oxygen atoms in total. The predicted molar refractivity (Wildman–Crippen MR) is 83.3 cm³/mol. The molecule has 0 aliphatic heterocycles. The summed E-state index contributed by atoms with van der Waals surface area (Å²) in [6, 6.07) is 7.40. The van der Waals surface area contributed by atoms with Crippen molar-refractivity contribution in [1.29, 1.82) is 0 Å². The molecule has 21 heavy (non-hydrogen) atoms. The monoisotopic (exact) mass is 294 g/mol. The van der Waals surface area contributed by atoms with Crippen molar-refractivity contribution < 1.29 is 14.6 Å². The summed E-state index contributed by atoms with van der Waals surface area (Å²) in [4.78, 5) is 11.7. The number of urea groups is 1. The van der Waals surface area contributed by atoms with Crippen LogP contribution in [0.15, 0.2) is 24.3 Å². The highest BCUT2D eigenvalue weighted by atomic mass is 16.5. The smallest absolute Gasteiger partial charge is 0.315 e. The molecule has 0 saturated carbocycles. The first-order valence-corrected chi connectivity index (χ1v) is 7.23. The minimum atomic E-state index is -0.192. The lowest BCUT2D eigenvalue weighted by molar-refractivity contribution is 0.148. The van der Waals surface area contributed by atoms with E-state index in [1.807, 2.05) is 38.1 Å². The first kappa shape index (κ1) is 17.3. The Morgan fingerprint density at radius 3 is 2.67 bits per heavy atom. The normalized spacial score (nSPS) is 11.0. The van der Waals surface area contributed by atoms with Crippen molar-refractivity contribution >= 4 is 6.03 Å². The van der Waals surface area contributed by atoms with Gasteiger partial charge in [0.15, 0.2) is 0 Å². The van der Waals surface area contributed by atoms with E-state index in [9.17, 15) is 4.79 Å². The van der Waals surface area contributed by atoms with Gasteiger partial charge in [-0.05, 0) is 24.3 Å². The van der Waals surface area contributed by atoms with Crippen molar-refractivity contribution in [2.75, 3.05) is 20.3 Å². The van der Waals surface area contributed by atoms with E-state index in [0.29, 0.717) is 13.1 Å². The average Bonchev–Trinajstić information content (AvgIpc) is 2.49. The molecule has 0 aromatic heterocycles. The first-order valence-electron chi connectivity index (χ1n) is 7.23. The lowest BCUT2D eigenvalue weighted by Gasteiger charge is -2.21. The third kappa shape index (κ3) is 6.49. The number of aliphatic hydroxyl groups is 1. The number of para-hydroxylation sites is 1. The van der Waals surface area contributed by atoms with Crippen LogP contribution in [-0.4, -0.2) is 31.4 Å². The van der Waals surface area contributed by atoms with E-state index in [4.69, 9.17) is 9.84 Å². The summed E-state index contributed by atoms with van der Waals surface area (Å²) in [6.45, 7) is 5.20. The molecule has 0 spiro atoms. The second-order valence-electron chi connectivity index (χ2n) is 5.85. The molecule has 5 heteroatoms. The zero-order chi connectivity index (χ0) is 15.7. The number of carbonyl (C=O) groups is 1. The highest BCUT2D eigenvalue weighted by molar-refractivity contribution is 5.73. The number of benzene rings is 1. The van der Waals surface area contributed by atoms with Gasteiger partial charge in [0.1, 0.15) is 5.75 Å². The molecule has 0 heterocycles. The van der Waals surface area contributed by atoms with E-state index in [0.717, 1.165) is 24.2 Å². The van der Waals surface area contributed by atoms with Crippen molar-refractivity contribution in [3.63, 3.8) is 0 Å². The average molecular weight is 294 g/mol. The molecule has 1 aromatic rings. The van der Waals surface area contributed by atoms with Gasteiger partial charge in [-0.25, -0.2) is 4.79 Å². The molecule has 1 aromatic carbocycles. The van der Waals surface area contributed by atoms with Gasteiger partial charge in [0.05, 0.1) is 7.11 Å². The van der Waals surface area contributed by atoms with Crippen molar-refractivity contribution in [3.8, 4) is 5.75 Å². The van der Waals surface area contributed by atoms with Crippen LogP contribution < -0.4 is 15.4 Å². The Hall–Kier alpha value is -1.75. The Labute approximate surface area is 126 Å². The standard InChI is InChI=1S/C16H26N2O3/c1-16(2,12-19)9-6-10-17-15(20)18-11-13-7-4-5-8-14(13)21-3/h4-5,7-8,19H,6,9-12H2,1-3H3,(H2,17,18,20). The molecule has 0 saturated heterocycles. The van der Waals surface area contributed by atoms with E-state index in [1.54, 1.807) is 7.11 Å². The number of ether oxygens (including phenoxy) is 1. The Morgan fingerprint density at radius 2 is 2.00 bits per heavy atom. The van der Waals surface area contributed by atoms with Crippen LogP contribution in [0.1, 0.15) is 32.3 Å². The van der Waals surface area contributed by atoms with Crippen molar-refractivity contribution in [3.05, 3.63) is 29.8 Å². The van der Waals surface area contributed by atoms with Crippen molar-refractivity contribution in [2.45, 2.75) is 33.2 Å². The fraction of sp³-hybridized carbons (Fsp3) is 0.562. The summed E-state index contributed by atoms with van der Waals surface area (Å²) in [5.74, 6) is 0.766. The molecule has 0 unspecified atom stereocenters. The van der Waals surface area contributed by atoms with Gasteiger partial charge in [-0.1, -0.05) is 32.0 Å². The number of rotatable bonds is 8. The van der Waals surface area contributed by atoms with Crippen LogP contribution in [0.3, 0.4) is 0 Å². The molecule has 0 bridgehead atoms. The van der Waals surface area contributed by atoms with Gasteiger partial charge >= 0.3 is 6.03 Å². The molecular formula is C16H26N2O3. The van der Waals surface area contributed by atoms with Crippen LogP contribution in [0.5, 0.6) is 5.75 Å². The zero-order valence-electron chi connectivity index (χ0n) is 13.1. The maximum absolute atomic E-state index is 11.7. The summed E-state index contributed by atoms with van der Waals surface area (Å²) < 4.78 is 5.23. The second kappa shape index (κ2) is 8.52. The predicted octanol–water partition coefficient (Wildman–Crippen LogP) is 2.29. The number of hydrogen-bond donors (Lipinski definition) is 3. The number of methoxy groups -OCH3 is 1. The van der Waals surface area contributed by atoms with E-state index in [-0.39, 0.29) is 18.1 Å². The maximum Gasteiger partial charge on any atom is 0.315 e. The number of aliphatic hydroxyl groups excluding tert-OH is 1. The zero-order valence-corrected chi connectivity index (χ0v) is 13.1. The van der Waals surface area contributed by atoms with Crippen LogP contribution in [-0.2, 0) is 6.54 Å². The van der Waals surface area contributed by atoms with Crippen LogP contribution in [0.2, 0.25) is 0 Å². The largest absolute Gasteiger partial charge is 0.496 e. The molecule has 0 atom stereocenters. The summed E-state index contributed by atoms with van der Waals surface area (Å²) in [6.07, 6.45) is 1.71. The van der Waals surface area contributed by atoms with Gasteiger partial charge in [-0.15, -0.1) is 0 Å². The molecule has 2 amide bonds. The van der Waals surface area contributed by atoms with E-state index < -0.39 is 0 Å². The number of carbonyl (C=O) groups excluding carboxylic acids is 1. The van der Waals surface area contributed by atoms with Gasteiger partial charge in [0, 0.05) is 25.3 Å². The van der Waals surface area contributed by atoms with Crippen LogP contribution in [0, 0.1) is 5.41 Å². The lowest BCUT2D eigenvalue weighted by Crippen LogP contribution is -2.36. The Bertz CT molecular complexity index is 447. The van der Waals surface area contributed by atoms with Crippen LogP contribution >= 0.6 is 0 Å². The number of hydrogen-bond acceptors (Lipinski definition) is 3. The fourth-order valence-electron chi connectivity index (χ4n) is 1.93. The molecular weight excluding hydrogens is 268 g/mol. The summed E-state index contributed by atoms with van der Waals surface area (Å²) in [7, 11) is 1.61. The highest BCUT2D eigenvalue weighted by Crippen LogP contribution is 2.20. The molecule has 0 aliphatic carbocycles. The topological polar surface area (TPSA) is 70.6 Å². The SMILES string of the molecule is COc1ccccc1CNC(=O)NCCCC(C)(C)CO. The molecule has 0 radical (unpaired) electrons.